The monoisotopic (exact) mass is 426 g/mol. The molecule has 6 heteroatoms. The van der Waals surface area contributed by atoms with Crippen molar-refractivity contribution in [3.8, 4) is 36.1 Å². The van der Waals surface area contributed by atoms with Crippen LogP contribution in [0.25, 0.3) is 17.0 Å². The molecular weight excluding hydrogens is 396 g/mol. The predicted octanol–water partition coefficient (Wildman–Crippen LogP) is 4.07. The first-order valence-electron chi connectivity index (χ1n) is 11.2. The maximum absolute atomic E-state index is 5.52. The first kappa shape index (κ1) is 21.9. The molecule has 2 heterocycles. The molecule has 0 radical (unpaired) electrons. The third kappa shape index (κ3) is 4.77. The lowest BCUT2D eigenvalue weighted by Crippen LogP contribution is -2.39. The number of terminal acetylenes is 2. The summed E-state index contributed by atoms with van der Waals surface area (Å²) in [4.78, 5) is 2.12. The maximum Gasteiger partial charge on any atom is 0.185 e. The summed E-state index contributed by atoms with van der Waals surface area (Å²) in [6, 6.07) is 12.2. The summed E-state index contributed by atoms with van der Waals surface area (Å²) in [5.41, 5.74) is 2.96. The predicted molar refractivity (Wildman–Crippen MR) is 129 cm³/mol. The van der Waals surface area contributed by atoms with Gasteiger partial charge in [0.05, 0.1) is 13.1 Å². The highest BCUT2D eigenvalue weighted by atomic mass is 15.4. The minimum Gasteiger partial charge on any atom is -0.368 e. The number of aromatic nitrogens is 4. The van der Waals surface area contributed by atoms with E-state index in [2.05, 4.69) is 52.2 Å². The van der Waals surface area contributed by atoms with Crippen LogP contribution in [-0.2, 0) is 0 Å². The van der Waals surface area contributed by atoms with Gasteiger partial charge in [0.1, 0.15) is 0 Å². The lowest BCUT2D eigenvalue weighted by atomic mass is 9.80. The first-order valence-corrected chi connectivity index (χ1v) is 11.2. The average molecular weight is 427 g/mol. The Bertz CT molecular complexity index is 1130. The van der Waals surface area contributed by atoms with Crippen LogP contribution in [-0.4, -0.2) is 50.9 Å². The number of hydrogen-bond acceptors (Lipinski definition) is 5. The second-order valence-electron chi connectivity index (χ2n) is 9.31. The van der Waals surface area contributed by atoms with E-state index in [0.29, 0.717) is 19.0 Å². The van der Waals surface area contributed by atoms with Gasteiger partial charge in [-0.25, -0.2) is 0 Å². The standard InChI is InChI=1S/C26H30N6/c1-5-15-31(16-6-2)19-26(3,4)18-27-24-22(20-13-10-14-20)17-23-28-29-25(32(23)30-24)21-11-8-7-9-12-21/h1-2,7-9,11-12,17,20H,10,13-16,18-19H2,3-4H3,(H,27,30). The Kier molecular flexibility index (Phi) is 6.44. The fourth-order valence-electron chi connectivity index (χ4n) is 4.19. The van der Waals surface area contributed by atoms with Crippen molar-refractivity contribution in [2.75, 3.05) is 31.5 Å². The van der Waals surface area contributed by atoms with Gasteiger partial charge >= 0.3 is 0 Å². The summed E-state index contributed by atoms with van der Waals surface area (Å²) in [6.45, 7) is 7.08. The Hall–Kier alpha value is -3.35. The Labute approximate surface area is 190 Å². The molecule has 1 saturated carbocycles. The zero-order valence-electron chi connectivity index (χ0n) is 18.9. The molecule has 32 heavy (non-hydrogen) atoms. The van der Waals surface area contributed by atoms with Crippen molar-refractivity contribution >= 4 is 11.5 Å². The quantitative estimate of drug-likeness (QED) is 0.523. The van der Waals surface area contributed by atoms with E-state index in [4.69, 9.17) is 17.9 Å². The van der Waals surface area contributed by atoms with Crippen molar-refractivity contribution < 1.29 is 0 Å². The fourth-order valence-corrected chi connectivity index (χ4v) is 4.19. The Balaban J connectivity index is 1.61. The second-order valence-corrected chi connectivity index (χ2v) is 9.31. The molecule has 4 rings (SSSR count). The number of hydrogen-bond donors (Lipinski definition) is 1. The van der Waals surface area contributed by atoms with Crippen LogP contribution in [0.15, 0.2) is 36.4 Å². The smallest absolute Gasteiger partial charge is 0.185 e. The lowest BCUT2D eigenvalue weighted by Gasteiger charge is -2.32. The van der Waals surface area contributed by atoms with E-state index in [1.54, 1.807) is 0 Å². The van der Waals surface area contributed by atoms with Gasteiger partial charge in [0.25, 0.3) is 0 Å². The van der Waals surface area contributed by atoms with Gasteiger partial charge in [0.15, 0.2) is 17.3 Å². The Morgan fingerprint density at radius 3 is 2.47 bits per heavy atom. The molecule has 1 aliphatic rings. The largest absolute Gasteiger partial charge is 0.368 e. The Morgan fingerprint density at radius 1 is 1.12 bits per heavy atom. The molecule has 0 atom stereocenters. The summed E-state index contributed by atoms with van der Waals surface area (Å²) in [6.07, 6.45) is 14.7. The number of rotatable bonds is 9. The van der Waals surface area contributed by atoms with E-state index < -0.39 is 0 Å². The summed E-state index contributed by atoms with van der Waals surface area (Å²) >= 11 is 0. The number of nitrogens with zero attached hydrogens (tertiary/aromatic N) is 5. The molecule has 0 saturated heterocycles. The van der Waals surface area contributed by atoms with Gasteiger partial charge in [0, 0.05) is 24.2 Å². The molecule has 0 bridgehead atoms. The van der Waals surface area contributed by atoms with Crippen molar-refractivity contribution in [1.82, 2.24) is 24.7 Å². The number of anilines is 1. The van der Waals surface area contributed by atoms with Gasteiger partial charge in [0.2, 0.25) is 0 Å². The van der Waals surface area contributed by atoms with Gasteiger partial charge in [-0.2, -0.15) is 4.52 Å². The summed E-state index contributed by atoms with van der Waals surface area (Å²) in [5.74, 6) is 7.60. The molecule has 1 aromatic carbocycles. The van der Waals surface area contributed by atoms with Crippen LogP contribution in [0.1, 0.15) is 44.6 Å². The van der Waals surface area contributed by atoms with E-state index in [1.165, 1.54) is 24.8 Å². The third-order valence-corrected chi connectivity index (χ3v) is 6.02. The SMILES string of the molecule is C#CCN(CC#C)CC(C)(C)CNc1nn2c(-c3ccccc3)nnc2cc1C1CCC1. The fraction of sp³-hybridized carbons (Fsp3) is 0.423. The Morgan fingerprint density at radius 2 is 1.84 bits per heavy atom. The lowest BCUT2D eigenvalue weighted by molar-refractivity contribution is 0.223. The molecule has 1 N–H and O–H groups in total. The van der Waals surface area contributed by atoms with Crippen molar-refractivity contribution in [2.45, 2.75) is 39.0 Å². The normalized spacial score (nSPS) is 14.2. The first-order chi connectivity index (χ1) is 15.5. The molecule has 1 aliphatic carbocycles. The summed E-state index contributed by atoms with van der Waals surface area (Å²) < 4.78 is 1.84. The molecule has 164 valence electrons. The molecule has 6 nitrogen and oxygen atoms in total. The summed E-state index contributed by atoms with van der Waals surface area (Å²) in [5, 5.41) is 17.4. The van der Waals surface area contributed by atoms with E-state index >= 15 is 0 Å². The highest BCUT2D eigenvalue weighted by Gasteiger charge is 2.27. The van der Waals surface area contributed by atoms with Gasteiger partial charge < -0.3 is 5.32 Å². The van der Waals surface area contributed by atoms with Crippen LogP contribution >= 0.6 is 0 Å². The molecule has 0 unspecified atom stereocenters. The summed E-state index contributed by atoms with van der Waals surface area (Å²) in [7, 11) is 0. The van der Waals surface area contributed by atoms with Crippen LogP contribution in [0.4, 0.5) is 5.82 Å². The molecule has 1 fully saturated rings. The van der Waals surface area contributed by atoms with E-state index in [-0.39, 0.29) is 5.41 Å². The minimum atomic E-state index is -0.0450. The van der Waals surface area contributed by atoms with Crippen LogP contribution in [0, 0.1) is 30.1 Å². The molecule has 2 aromatic heterocycles. The highest BCUT2D eigenvalue weighted by molar-refractivity contribution is 5.61. The number of nitrogens with one attached hydrogen (secondary N) is 1. The van der Waals surface area contributed by atoms with Crippen molar-refractivity contribution in [1.29, 1.82) is 0 Å². The van der Waals surface area contributed by atoms with E-state index in [0.717, 1.165) is 35.9 Å². The zero-order chi connectivity index (χ0) is 22.6. The molecule has 0 aliphatic heterocycles. The number of fused-ring (bicyclic) bond motifs is 1. The van der Waals surface area contributed by atoms with E-state index in [1.807, 2.05) is 34.8 Å². The molecule has 3 aromatic rings. The molecule has 0 amide bonds. The number of benzene rings is 1. The molecule has 0 spiro atoms. The van der Waals surface area contributed by atoms with E-state index in [9.17, 15) is 0 Å². The second kappa shape index (κ2) is 9.42. The zero-order valence-corrected chi connectivity index (χ0v) is 18.9. The minimum absolute atomic E-state index is 0.0450. The highest BCUT2D eigenvalue weighted by Crippen LogP contribution is 2.40. The van der Waals surface area contributed by atoms with Gasteiger partial charge in [-0.3, -0.25) is 4.90 Å². The van der Waals surface area contributed by atoms with Crippen LogP contribution in [0.3, 0.4) is 0 Å². The van der Waals surface area contributed by atoms with Gasteiger partial charge in [-0.15, -0.1) is 28.1 Å². The molecular formula is C26H30N6. The van der Waals surface area contributed by atoms with Crippen molar-refractivity contribution in [3.05, 3.63) is 42.0 Å². The third-order valence-electron chi connectivity index (χ3n) is 6.02. The maximum atomic E-state index is 5.52. The topological polar surface area (TPSA) is 58.4 Å². The van der Waals surface area contributed by atoms with Gasteiger partial charge in [-0.1, -0.05) is 62.4 Å². The van der Waals surface area contributed by atoms with Crippen molar-refractivity contribution in [2.24, 2.45) is 5.41 Å². The van der Waals surface area contributed by atoms with Crippen molar-refractivity contribution in [3.63, 3.8) is 0 Å². The van der Waals surface area contributed by atoms with Gasteiger partial charge in [-0.05, 0) is 30.2 Å². The van der Waals surface area contributed by atoms with Crippen LogP contribution < -0.4 is 5.32 Å². The average Bonchev–Trinajstić information content (AvgIpc) is 3.14. The van der Waals surface area contributed by atoms with Crippen LogP contribution in [0.5, 0.6) is 0 Å². The van der Waals surface area contributed by atoms with Crippen LogP contribution in [0.2, 0.25) is 0 Å².